The van der Waals surface area contributed by atoms with Gasteiger partial charge in [0.15, 0.2) is 5.69 Å². The van der Waals surface area contributed by atoms with Crippen LogP contribution in [0.15, 0.2) is 6.07 Å². The number of nitrogens with zero attached hydrogens (tertiary/aromatic N) is 3. The lowest BCUT2D eigenvalue weighted by molar-refractivity contribution is -0.185. The van der Waals surface area contributed by atoms with Crippen LogP contribution in [0.3, 0.4) is 0 Å². The van der Waals surface area contributed by atoms with Crippen molar-refractivity contribution < 1.29 is 18.0 Å². The molecule has 2 rings (SSSR count). The fourth-order valence-electron chi connectivity index (χ4n) is 2.55. The van der Waals surface area contributed by atoms with Gasteiger partial charge in [0, 0.05) is 12.7 Å². The minimum absolute atomic E-state index is 0.0439. The summed E-state index contributed by atoms with van der Waals surface area (Å²) in [6.07, 6.45) is -4.49. The highest BCUT2D eigenvalue weighted by Crippen LogP contribution is 2.53. The molecule has 0 aromatic carbocycles. The van der Waals surface area contributed by atoms with E-state index in [0.29, 0.717) is 0 Å². The molecule has 0 N–H and O–H groups in total. The molecule has 7 heteroatoms. The molecule has 0 radical (unpaired) electrons. The molecule has 1 saturated carbocycles. The van der Waals surface area contributed by atoms with Crippen molar-refractivity contribution in [2.24, 2.45) is 0 Å². The van der Waals surface area contributed by atoms with Crippen molar-refractivity contribution in [1.82, 2.24) is 14.7 Å². The van der Waals surface area contributed by atoms with Gasteiger partial charge in [-0.3, -0.25) is 9.48 Å². The average molecular weight is 303 g/mol. The summed E-state index contributed by atoms with van der Waals surface area (Å²) in [5.41, 5.74) is -1.54. The monoisotopic (exact) mass is 303 g/mol. The quantitative estimate of drug-likeness (QED) is 0.842. The molecule has 1 amide bonds. The zero-order valence-corrected chi connectivity index (χ0v) is 12.9. The van der Waals surface area contributed by atoms with E-state index in [2.05, 4.69) is 5.10 Å². The summed E-state index contributed by atoms with van der Waals surface area (Å²) in [7, 11) is 1.20. The second-order valence-corrected chi connectivity index (χ2v) is 6.65. The third kappa shape index (κ3) is 2.53. The number of carbonyl (C=O) groups excluding carboxylic acids is 1. The summed E-state index contributed by atoms with van der Waals surface area (Å²) in [5, 5.41) is 4.18. The van der Waals surface area contributed by atoms with E-state index in [1.807, 2.05) is 20.8 Å². The molecule has 0 atom stereocenters. The van der Waals surface area contributed by atoms with Crippen LogP contribution in [0, 0.1) is 6.92 Å². The standard InChI is InChI=1S/C14H20F3N3O/c1-9-8-10(18-20(9)12(2,3)4)11(21)19(5)13(6-7-13)14(15,16)17/h8H,6-7H2,1-5H3. The fraction of sp³-hybridized carbons (Fsp3) is 0.714. The van der Waals surface area contributed by atoms with Gasteiger partial charge in [0.25, 0.3) is 5.91 Å². The van der Waals surface area contributed by atoms with E-state index < -0.39 is 17.6 Å². The number of alkyl halides is 3. The molecule has 21 heavy (non-hydrogen) atoms. The Hall–Kier alpha value is -1.53. The van der Waals surface area contributed by atoms with Gasteiger partial charge in [-0.05, 0) is 46.6 Å². The van der Waals surface area contributed by atoms with Crippen LogP contribution >= 0.6 is 0 Å². The number of hydrogen-bond acceptors (Lipinski definition) is 2. The molecule has 0 unspecified atom stereocenters. The van der Waals surface area contributed by atoms with Crippen molar-refractivity contribution in [1.29, 1.82) is 0 Å². The number of aryl methyl sites for hydroxylation is 1. The van der Waals surface area contributed by atoms with Crippen molar-refractivity contribution in [2.45, 2.75) is 57.8 Å². The maximum atomic E-state index is 13.1. The van der Waals surface area contributed by atoms with Gasteiger partial charge in [-0.25, -0.2) is 0 Å². The van der Waals surface area contributed by atoms with Crippen LogP contribution in [-0.2, 0) is 5.54 Å². The minimum Gasteiger partial charge on any atom is -0.326 e. The van der Waals surface area contributed by atoms with Crippen molar-refractivity contribution in [3.63, 3.8) is 0 Å². The molecule has 0 saturated heterocycles. The molecular formula is C14H20F3N3O. The van der Waals surface area contributed by atoms with Crippen LogP contribution in [0.1, 0.15) is 49.8 Å². The average Bonchev–Trinajstić information content (AvgIpc) is 3.04. The second kappa shape index (κ2) is 4.48. The lowest BCUT2D eigenvalue weighted by Gasteiger charge is -2.29. The first-order chi connectivity index (χ1) is 9.40. The smallest absolute Gasteiger partial charge is 0.326 e. The molecule has 4 nitrogen and oxygen atoms in total. The first-order valence-electron chi connectivity index (χ1n) is 6.82. The number of hydrogen-bond donors (Lipinski definition) is 0. The maximum Gasteiger partial charge on any atom is 0.411 e. The van der Waals surface area contributed by atoms with Crippen molar-refractivity contribution >= 4 is 5.91 Å². The molecule has 0 aliphatic heterocycles. The Balaban J connectivity index is 2.30. The van der Waals surface area contributed by atoms with E-state index in [1.54, 1.807) is 11.6 Å². The van der Waals surface area contributed by atoms with Crippen molar-refractivity contribution in [3.05, 3.63) is 17.5 Å². The van der Waals surface area contributed by atoms with Crippen molar-refractivity contribution in [2.75, 3.05) is 7.05 Å². The highest BCUT2D eigenvalue weighted by molar-refractivity contribution is 5.93. The first-order valence-corrected chi connectivity index (χ1v) is 6.82. The van der Waals surface area contributed by atoms with Crippen LogP contribution in [-0.4, -0.2) is 39.4 Å². The number of aromatic nitrogens is 2. The lowest BCUT2D eigenvalue weighted by atomic mass is 10.1. The highest BCUT2D eigenvalue weighted by atomic mass is 19.4. The van der Waals surface area contributed by atoms with Crippen molar-refractivity contribution in [3.8, 4) is 0 Å². The van der Waals surface area contributed by atoms with Gasteiger partial charge in [0.1, 0.15) is 5.54 Å². The van der Waals surface area contributed by atoms with E-state index in [4.69, 9.17) is 0 Å². The van der Waals surface area contributed by atoms with Gasteiger partial charge in [-0.1, -0.05) is 0 Å². The van der Waals surface area contributed by atoms with Gasteiger partial charge < -0.3 is 4.90 Å². The summed E-state index contributed by atoms with van der Waals surface area (Å²) in [6.45, 7) is 7.54. The highest BCUT2D eigenvalue weighted by Gasteiger charge is 2.67. The summed E-state index contributed by atoms with van der Waals surface area (Å²) in [4.78, 5) is 13.1. The number of carbonyl (C=O) groups is 1. The maximum absolute atomic E-state index is 13.1. The molecule has 1 aromatic heterocycles. The van der Waals surface area contributed by atoms with Crippen LogP contribution in [0.25, 0.3) is 0 Å². The van der Waals surface area contributed by atoms with Crippen LogP contribution in [0.4, 0.5) is 13.2 Å². The molecule has 0 bridgehead atoms. The van der Waals surface area contributed by atoms with Crippen LogP contribution < -0.4 is 0 Å². The third-order valence-corrected chi connectivity index (χ3v) is 3.94. The Morgan fingerprint density at radius 2 is 1.86 bits per heavy atom. The Labute approximate surface area is 121 Å². The van der Waals surface area contributed by atoms with E-state index >= 15 is 0 Å². The molecule has 118 valence electrons. The number of halogens is 3. The molecule has 0 spiro atoms. The Bertz CT molecular complexity index is 565. The normalized spacial score (nSPS) is 17.7. The Morgan fingerprint density at radius 1 is 1.33 bits per heavy atom. The Kier molecular flexibility index (Phi) is 3.38. The number of rotatable bonds is 2. The topological polar surface area (TPSA) is 38.1 Å². The van der Waals surface area contributed by atoms with E-state index in [-0.39, 0.29) is 24.1 Å². The van der Waals surface area contributed by atoms with Gasteiger partial charge in [-0.15, -0.1) is 0 Å². The molecule has 1 aliphatic rings. The SMILES string of the molecule is Cc1cc(C(=O)N(C)C2(C(F)(F)F)CC2)nn1C(C)(C)C. The van der Waals surface area contributed by atoms with E-state index in [0.717, 1.165) is 10.6 Å². The van der Waals surface area contributed by atoms with Crippen LogP contribution in [0.2, 0.25) is 0 Å². The summed E-state index contributed by atoms with van der Waals surface area (Å²) in [5.74, 6) is -0.684. The predicted molar refractivity (Wildman–Crippen MR) is 72.1 cm³/mol. The third-order valence-electron chi connectivity index (χ3n) is 3.94. The predicted octanol–water partition coefficient (Wildman–Crippen LogP) is 3.11. The Morgan fingerprint density at radius 3 is 2.19 bits per heavy atom. The molecule has 1 fully saturated rings. The van der Waals surface area contributed by atoms with E-state index in [1.165, 1.54) is 13.1 Å². The number of amides is 1. The molecule has 1 heterocycles. The summed E-state index contributed by atoms with van der Waals surface area (Å²) in [6, 6.07) is 1.54. The summed E-state index contributed by atoms with van der Waals surface area (Å²) >= 11 is 0. The molecular weight excluding hydrogens is 283 g/mol. The van der Waals surface area contributed by atoms with Gasteiger partial charge >= 0.3 is 6.18 Å². The fourth-order valence-corrected chi connectivity index (χ4v) is 2.55. The molecule has 1 aliphatic carbocycles. The lowest BCUT2D eigenvalue weighted by Crippen LogP contribution is -2.49. The largest absolute Gasteiger partial charge is 0.411 e. The minimum atomic E-state index is -4.40. The van der Waals surface area contributed by atoms with Gasteiger partial charge in [-0.2, -0.15) is 18.3 Å². The zero-order valence-electron chi connectivity index (χ0n) is 12.9. The van der Waals surface area contributed by atoms with Gasteiger partial charge in [0.2, 0.25) is 0 Å². The zero-order chi connectivity index (χ0) is 16.2. The van der Waals surface area contributed by atoms with Crippen LogP contribution in [0.5, 0.6) is 0 Å². The molecule has 1 aromatic rings. The van der Waals surface area contributed by atoms with Gasteiger partial charge in [0.05, 0.1) is 5.54 Å². The summed E-state index contributed by atoms with van der Waals surface area (Å²) < 4.78 is 40.9. The van der Waals surface area contributed by atoms with E-state index in [9.17, 15) is 18.0 Å². The first kappa shape index (κ1) is 15.9. The second-order valence-electron chi connectivity index (χ2n) is 6.65.